The van der Waals surface area contributed by atoms with Crippen LogP contribution in [0.15, 0.2) is 11.2 Å². The van der Waals surface area contributed by atoms with Crippen molar-refractivity contribution in [3.05, 3.63) is 17.7 Å². The van der Waals surface area contributed by atoms with Crippen LogP contribution in [0.5, 0.6) is 0 Å². The quantitative estimate of drug-likeness (QED) is 0.833. The minimum Gasteiger partial charge on any atom is -0.268 e. The molecular formula is C12H18N6O2S. The number of aryl methyl sites for hydroxylation is 3. The zero-order valence-corrected chi connectivity index (χ0v) is 13.1. The standard InChI is InChI=1S/C12H18N6O2S/c1-4-16-10(3)11(9(2)15-16)21(19,20)18-7-5-6-17-12(18)13-8-14-17/h8H,4-7H2,1-3H3. The summed E-state index contributed by atoms with van der Waals surface area (Å²) >= 11 is 0. The van der Waals surface area contributed by atoms with E-state index in [2.05, 4.69) is 15.2 Å². The Kier molecular flexibility index (Phi) is 3.23. The summed E-state index contributed by atoms with van der Waals surface area (Å²) in [4.78, 5) is 4.37. The van der Waals surface area contributed by atoms with E-state index in [-0.39, 0.29) is 4.90 Å². The average molecular weight is 310 g/mol. The molecule has 114 valence electrons. The van der Waals surface area contributed by atoms with Crippen molar-refractivity contribution < 1.29 is 8.42 Å². The van der Waals surface area contributed by atoms with Crippen LogP contribution in [0.1, 0.15) is 24.7 Å². The number of hydrogen-bond acceptors (Lipinski definition) is 5. The Morgan fingerprint density at radius 3 is 2.71 bits per heavy atom. The van der Waals surface area contributed by atoms with Gasteiger partial charge in [-0.2, -0.15) is 15.2 Å². The summed E-state index contributed by atoms with van der Waals surface area (Å²) in [5.41, 5.74) is 1.18. The van der Waals surface area contributed by atoms with Crippen LogP contribution in [0.3, 0.4) is 0 Å². The monoisotopic (exact) mass is 310 g/mol. The molecule has 0 aliphatic carbocycles. The molecule has 0 N–H and O–H groups in total. The second-order valence-corrected chi connectivity index (χ2v) is 6.83. The molecule has 0 saturated heterocycles. The van der Waals surface area contributed by atoms with E-state index in [0.29, 0.717) is 37.0 Å². The molecule has 0 bridgehead atoms. The molecule has 2 aromatic rings. The maximum atomic E-state index is 13.0. The molecule has 3 heterocycles. The molecule has 8 nitrogen and oxygen atoms in total. The summed E-state index contributed by atoms with van der Waals surface area (Å²) in [6, 6.07) is 0. The van der Waals surface area contributed by atoms with Gasteiger partial charge < -0.3 is 0 Å². The number of anilines is 1. The van der Waals surface area contributed by atoms with Gasteiger partial charge in [-0.25, -0.2) is 17.4 Å². The SMILES string of the molecule is CCn1nc(C)c(S(=O)(=O)N2CCCn3ncnc32)c1C. The minimum atomic E-state index is -3.67. The lowest BCUT2D eigenvalue weighted by Crippen LogP contribution is -2.38. The fraction of sp³-hybridized carbons (Fsp3) is 0.583. The molecule has 1 aliphatic rings. The fourth-order valence-corrected chi connectivity index (χ4v) is 4.61. The molecule has 9 heteroatoms. The molecule has 3 rings (SSSR count). The maximum absolute atomic E-state index is 13.0. The number of rotatable bonds is 3. The van der Waals surface area contributed by atoms with Gasteiger partial charge in [0, 0.05) is 19.6 Å². The molecule has 21 heavy (non-hydrogen) atoms. The molecule has 0 saturated carbocycles. The van der Waals surface area contributed by atoms with E-state index < -0.39 is 10.0 Å². The molecule has 0 fully saturated rings. The first-order chi connectivity index (χ1) is 9.96. The van der Waals surface area contributed by atoms with Gasteiger partial charge in [0.05, 0.1) is 11.4 Å². The van der Waals surface area contributed by atoms with Crippen molar-refractivity contribution in [2.75, 3.05) is 10.8 Å². The van der Waals surface area contributed by atoms with Crippen molar-refractivity contribution in [2.45, 2.75) is 45.2 Å². The van der Waals surface area contributed by atoms with Gasteiger partial charge in [0.1, 0.15) is 11.2 Å². The summed E-state index contributed by atoms with van der Waals surface area (Å²) < 4.78 is 30.7. The largest absolute Gasteiger partial charge is 0.270 e. The predicted octanol–water partition coefficient (Wildman–Crippen LogP) is 0.710. The first kappa shape index (κ1) is 14.1. The zero-order chi connectivity index (χ0) is 15.2. The Bertz CT molecular complexity index is 776. The molecule has 0 atom stereocenters. The van der Waals surface area contributed by atoms with E-state index >= 15 is 0 Å². The van der Waals surface area contributed by atoms with Crippen molar-refractivity contribution in [3.8, 4) is 0 Å². The normalized spacial score (nSPS) is 15.3. The van der Waals surface area contributed by atoms with Crippen LogP contribution >= 0.6 is 0 Å². The van der Waals surface area contributed by atoms with Gasteiger partial charge in [-0.05, 0) is 27.2 Å². The van der Waals surface area contributed by atoms with Gasteiger partial charge in [0.2, 0.25) is 5.95 Å². The number of sulfonamides is 1. The Balaban J connectivity index is 2.13. The van der Waals surface area contributed by atoms with Gasteiger partial charge in [-0.3, -0.25) is 4.68 Å². The summed E-state index contributed by atoms with van der Waals surface area (Å²) in [7, 11) is -3.67. The van der Waals surface area contributed by atoms with E-state index in [4.69, 9.17) is 0 Å². The van der Waals surface area contributed by atoms with Crippen molar-refractivity contribution in [1.82, 2.24) is 24.5 Å². The lowest BCUT2D eigenvalue weighted by atomic mass is 10.4. The minimum absolute atomic E-state index is 0.279. The molecule has 1 aliphatic heterocycles. The van der Waals surface area contributed by atoms with Gasteiger partial charge in [-0.1, -0.05) is 0 Å². The predicted molar refractivity (Wildman–Crippen MR) is 76.5 cm³/mol. The smallest absolute Gasteiger partial charge is 0.268 e. The fourth-order valence-electron chi connectivity index (χ4n) is 2.77. The van der Waals surface area contributed by atoms with E-state index in [1.807, 2.05) is 6.92 Å². The van der Waals surface area contributed by atoms with Gasteiger partial charge >= 0.3 is 0 Å². The Hall–Kier alpha value is -1.90. The van der Waals surface area contributed by atoms with Crippen molar-refractivity contribution >= 4 is 16.0 Å². The third kappa shape index (κ3) is 2.03. The second kappa shape index (κ2) is 4.83. The summed E-state index contributed by atoms with van der Waals surface area (Å²) in [5, 5.41) is 8.36. The Morgan fingerprint density at radius 2 is 2.05 bits per heavy atom. The molecule has 0 spiro atoms. The van der Waals surface area contributed by atoms with Crippen LogP contribution in [0.25, 0.3) is 0 Å². The van der Waals surface area contributed by atoms with Crippen LogP contribution in [0.4, 0.5) is 5.95 Å². The summed E-state index contributed by atoms with van der Waals surface area (Å²) in [5.74, 6) is 0.379. The van der Waals surface area contributed by atoms with Crippen LogP contribution in [-0.2, 0) is 23.1 Å². The third-order valence-corrected chi connectivity index (χ3v) is 5.74. The van der Waals surface area contributed by atoms with Crippen LogP contribution < -0.4 is 4.31 Å². The third-order valence-electron chi connectivity index (χ3n) is 3.71. The Morgan fingerprint density at radius 1 is 1.29 bits per heavy atom. The molecule has 0 radical (unpaired) electrons. The van der Waals surface area contributed by atoms with E-state index in [0.717, 1.165) is 6.42 Å². The number of nitrogens with zero attached hydrogens (tertiary/aromatic N) is 6. The lowest BCUT2D eigenvalue weighted by Gasteiger charge is -2.27. The number of hydrogen-bond donors (Lipinski definition) is 0. The second-order valence-electron chi connectivity index (χ2n) is 5.03. The van der Waals surface area contributed by atoms with E-state index in [1.165, 1.54) is 10.6 Å². The highest BCUT2D eigenvalue weighted by Crippen LogP contribution is 2.28. The molecule has 2 aromatic heterocycles. The van der Waals surface area contributed by atoms with Gasteiger partial charge in [0.15, 0.2) is 0 Å². The van der Waals surface area contributed by atoms with Gasteiger partial charge in [0.25, 0.3) is 10.0 Å². The zero-order valence-electron chi connectivity index (χ0n) is 12.3. The van der Waals surface area contributed by atoms with Crippen LogP contribution in [0, 0.1) is 13.8 Å². The summed E-state index contributed by atoms with van der Waals surface area (Å²) in [6.07, 6.45) is 2.11. The molecular weight excluding hydrogens is 292 g/mol. The Labute approximate surface area is 123 Å². The highest BCUT2D eigenvalue weighted by atomic mass is 32.2. The van der Waals surface area contributed by atoms with E-state index in [9.17, 15) is 8.42 Å². The van der Waals surface area contributed by atoms with Crippen LogP contribution in [0.2, 0.25) is 0 Å². The summed E-state index contributed by atoms with van der Waals surface area (Å²) in [6.45, 7) is 7.18. The maximum Gasteiger partial charge on any atom is 0.270 e. The highest BCUT2D eigenvalue weighted by Gasteiger charge is 2.35. The number of fused-ring (bicyclic) bond motifs is 1. The van der Waals surface area contributed by atoms with Crippen molar-refractivity contribution in [2.24, 2.45) is 0 Å². The first-order valence-electron chi connectivity index (χ1n) is 6.91. The topological polar surface area (TPSA) is 85.9 Å². The average Bonchev–Trinajstić information content (AvgIpc) is 3.02. The van der Waals surface area contributed by atoms with Crippen molar-refractivity contribution in [1.29, 1.82) is 0 Å². The first-order valence-corrected chi connectivity index (χ1v) is 8.35. The molecule has 0 unspecified atom stereocenters. The lowest BCUT2D eigenvalue weighted by molar-refractivity contribution is 0.529. The molecule has 0 aromatic carbocycles. The van der Waals surface area contributed by atoms with E-state index in [1.54, 1.807) is 23.2 Å². The van der Waals surface area contributed by atoms with Crippen LogP contribution in [-0.4, -0.2) is 39.5 Å². The molecule has 0 amide bonds. The highest BCUT2D eigenvalue weighted by molar-refractivity contribution is 7.93. The number of aromatic nitrogens is 5. The van der Waals surface area contributed by atoms with Gasteiger partial charge in [-0.15, -0.1) is 0 Å². The van der Waals surface area contributed by atoms with Crippen molar-refractivity contribution in [3.63, 3.8) is 0 Å².